The number of nitrogens with zero attached hydrogens (tertiary/aromatic N) is 5. The molecule has 0 saturated heterocycles. The molecule has 2 aromatic carbocycles. The van der Waals surface area contributed by atoms with Crippen molar-refractivity contribution in [2.75, 3.05) is 12.4 Å². The monoisotopic (exact) mass is 494 g/mol. The first-order valence-electron chi connectivity index (χ1n) is 10.8. The van der Waals surface area contributed by atoms with E-state index in [1.54, 1.807) is 37.6 Å². The minimum absolute atomic E-state index is 0.0914. The molecule has 182 valence electrons. The van der Waals surface area contributed by atoms with Crippen LogP contribution in [0.2, 0.25) is 0 Å². The molecular formula is C25H18F4N6O. The van der Waals surface area contributed by atoms with Gasteiger partial charge in [-0.25, -0.2) is 19.0 Å². The van der Waals surface area contributed by atoms with Gasteiger partial charge >= 0.3 is 6.18 Å². The lowest BCUT2D eigenvalue weighted by Gasteiger charge is -2.08. The van der Waals surface area contributed by atoms with Crippen LogP contribution < -0.4 is 10.9 Å². The number of fused-ring (bicyclic) bond motifs is 1. The van der Waals surface area contributed by atoms with Gasteiger partial charge in [-0.3, -0.25) is 4.79 Å². The van der Waals surface area contributed by atoms with Gasteiger partial charge in [0.1, 0.15) is 28.7 Å². The summed E-state index contributed by atoms with van der Waals surface area (Å²) in [5, 5.41) is 7.80. The SMILES string of the molecule is CNc1ccnc(Cn2ccc(-c3nn(-c4ccc(C(F)(F)F)cc4)c4c(F)cccc34)cc2=O)n1. The normalized spacial score (nSPS) is 11.7. The second kappa shape index (κ2) is 8.91. The first kappa shape index (κ1) is 23.2. The van der Waals surface area contributed by atoms with Crippen molar-refractivity contribution in [3.63, 3.8) is 0 Å². The van der Waals surface area contributed by atoms with Crippen LogP contribution in [-0.2, 0) is 12.7 Å². The van der Waals surface area contributed by atoms with Gasteiger partial charge in [0.05, 0.1) is 17.8 Å². The maximum atomic E-state index is 14.9. The number of hydrogen-bond donors (Lipinski definition) is 1. The van der Waals surface area contributed by atoms with Crippen LogP contribution in [0.5, 0.6) is 0 Å². The molecule has 11 heteroatoms. The topological polar surface area (TPSA) is 77.6 Å². The van der Waals surface area contributed by atoms with Gasteiger partial charge in [-0.05, 0) is 42.5 Å². The molecule has 0 bridgehead atoms. The van der Waals surface area contributed by atoms with Crippen LogP contribution in [0.15, 0.2) is 77.9 Å². The van der Waals surface area contributed by atoms with Gasteiger partial charge < -0.3 is 9.88 Å². The number of hydrogen-bond acceptors (Lipinski definition) is 5. The average molecular weight is 494 g/mol. The van der Waals surface area contributed by atoms with Gasteiger partial charge in [0, 0.05) is 36.5 Å². The molecule has 0 aliphatic carbocycles. The lowest BCUT2D eigenvalue weighted by molar-refractivity contribution is -0.137. The third-order valence-corrected chi connectivity index (χ3v) is 5.64. The van der Waals surface area contributed by atoms with Crippen molar-refractivity contribution in [3.8, 4) is 16.9 Å². The summed E-state index contributed by atoms with van der Waals surface area (Å²) < 4.78 is 56.5. The number of rotatable bonds is 5. The molecule has 36 heavy (non-hydrogen) atoms. The third-order valence-electron chi connectivity index (χ3n) is 5.64. The summed E-state index contributed by atoms with van der Waals surface area (Å²) >= 11 is 0. The number of halogens is 4. The highest BCUT2D eigenvalue weighted by Gasteiger charge is 2.30. The lowest BCUT2D eigenvalue weighted by atomic mass is 10.1. The van der Waals surface area contributed by atoms with Crippen LogP contribution >= 0.6 is 0 Å². The Bertz CT molecular complexity index is 1620. The van der Waals surface area contributed by atoms with Gasteiger partial charge in [-0.15, -0.1) is 0 Å². The molecule has 3 aromatic heterocycles. The maximum Gasteiger partial charge on any atom is 0.416 e. The Morgan fingerprint density at radius 3 is 2.50 bits per heavy atom. The molecule has 0 unspecified atom stereocenters. The van der Waals surface area contributed by atoms with E-state index in [-0.39, 0.29) is 23.3 Å². The molecule has 7 nitrogen and oxygen atoms in total. The summed E-state index contributed by atoms with van der Waals surface area (Å²) in [5.41, 5.74) is -0.0756. The molecule has 5 rings (SSSR count). The zero-order valence-corrected chi connectivity index (χ0v) is 18.8. The van der Waals surface area contributed by atoms with Crippen LogP contribution in [0, 0.1) is 5.82 Å². The number of aromatic nitrogens is 5. The fourth-order valence-electron chi connectivity index (χ4n) is 3.87. The Morgan fingerprint density at radius 2 is 1.81 bits per heavy atom. The molecule has 1 N–H and O–H groups in total. The van der Waals surface area contributed by atoms with Crippen molar-refractivity contribution in [1.82, 2.24) is 24.3 Å². The summed E-state index contributed by atoms with van der Waals surface area (Å²) in [6.45, 7) is 0.143. The number of pyridine rings is 1. The van der Waals surface area contributed by atoms with Crippen molar-refractivity contribution in [3.05, 3.63) is 101 Å². The number of alkyl halides is 3. The smallest absolute Gasteiger partial charge is 0.373 e. The molecule has 0 aliphatic rings. The fraction of sp³-hybridized carbons (Fsp3) is 0.120. The highest BCUT2D eigenvalue weighted by atomic mass is 19.4. The second-order valence-corrected chi connectivity index (χ2v) is 7.93. The molecule has 5 aromatic rings. The summed E-state index contributed by atoms with van der Waals surface area (Å²) in [6.07, 6.45) is -1.35. The van der Waals surface area contributed by atoms with Gasteiger partial charge in [0.15, 0.2) is 0 Å². The number of para-hydroxylation sites is 1. The largest absolute Gasteiger partial charge is 0.416 e. The quantitative estimate of drug-likeness (QED) is 0.352. The van der Waals surface area contributed by atoms with Crippen LogP contribution in [0.25, 0.3) is 27.8 Å². The number of nitrogens with one attached hydrogen (secondary N) is 1. The molecule has 0 atom stereocenters. The standard InChI is InChI=1S/C25H18F4N6O/c1-30-20-9-11-31-21(32-20)14-34-12-10-15(13-22(34)36)23-18-3-2-4-19(26)24(18)35(33-23)17-7-5-16(6-8-17)25(27,28)29/h2-13H,14H2,1H3,(H,30,31,32). The van der Waals surface area contributed by atoms with E-state index in [4.69, 9.17) is 0 Å². The van der Waals surface area contributed by atoms with Crippen LogP contribution in [0.4, 0.5) is 23.4 Å². The first-order valence-corrected chi connectivity index (χ1v) is 10.8. The number of benzene rings is 2. The molecule has 0 radical (unpaired) electrons. The molecule has 0 spiro atoms. The Morgan fingerprint density at radius 1 is 1.03 bits per heavy atom. The maximum absolute atomic E-state index is 14.9. The second-order valence-electron chi connectivity index (χ2n) is 7.93. The van der Waals surface area contributed by atoms with E-state index in [9.17, 15) is 22.4 Å². The van der Waals surface area contributed by atoms with E-state index >= 15 is 0 Å². The van der Waals surface area contributed by atoms with Crippen LogP contribution in [0.1, 0.15) is 11.4 Å². The lowest BCUT2D eigenvalue weighted by Crippen LogP contribution is -2.20. The van der Waals surface area contributed by atoms with Crippen molar-refractivity contribution in [2.24, 2.45) is 0 Å². The van der Waals surface area contributed by atoms with Gasteiger partial charge in [-0.2, -0.15) is 18.3 Å². The summed E-state index contributed by atoms with van der Waals surface area (Å²) in [5.74, 6) is 0.462. The van der Waals surface area contributed by atoms with Gasteiger partial charge in [-0.1, -0.05) is 12.1 Å². The Hall–Kier alpha value is -4.54. The minimum atomic E-state index is -4.50. The fourth-order valence-corrected chi connectivity index (χ4v) is 3.87. The van der Waals surface area contributed by atoms with Gasteiger partial charge in [0.2, 0.25) is 0 Å². The summed E-state index contributed by atoms with van der Waals surface area (Å²) in [4.78, 5) is 21.3. The van der Waals surface area contributed by atoms with E-state index in [0.29, 0.717) is 28.3 Å². The number of anilines is 1. The van der Waals surface area contributed by atoms with Crippen molar-refractivity contribution in [1.29, 1.82) is 0 Å². The predicted molar refractivity (Wildman–Crippen MR) is 126 cm³/mol. The molecule has 0 aliphatic heterocycles. The van der Waals surface area contributed by atoms with Crippen molar-refractivity contribution >= 4 is 16.7 Å². The first-order chi connectivity index (χ1) is 17.2. The molecule has 0 fully saturated rings. The third kappa shape index (κ3) is 4.30. The highest BCUT2D eigenvalue weighted by molar-refractivity contribution is 5.94. The Kier molecular flexibility index (Phi) is 5.75. The Balaban J connectivity index is 1.56. The van der Waals surface area contributed by atoms with E-state index in [0.717, 1.165) is 12.1 Å². The van der Waals surface area contributed by atoms with Crippen LogP contribution in [-0.4, -0.2) is 31.4 Å². The Labute approximate surface area is 201 Å². The molecule has 3 heterocycles. The van der Waals surface area contributed by atoms with Crippen LogP contribution in [0.3, 0.4) is 0 Å². The summed E-state index contributed by atoms with van der Waals surface area (Å²) in [6, 6.07) is 13.4. The van der Waals surface area contributed by atoms with E-state index in [1.807, 2.05) is 0 Å². The minimum Gasteiger partial charge on any atom is -0.373 e. The zero-order chi connectivity index (χ0) is 25.4. The average Bonchev–Trinajstić information content (AvgIpc) is 3.26. The van der Waals surface area contributed by atoms with Crippen molar-refractivity contribution in [2.45, 2.75) is 12.7 Å². The molecule has 0 amide bonds. The summed E-state index contributed by atoms with van der Waals surface area (Å²) in [7, 11) is 1.73. The zero-order valence-electron chi connectivity index (χ0n) is 18.8. The van der Waals surface area contributed by atoms with Gasteiger partial charge in [0.25, 0.3) is 5.56 Å². The van der Waals surface area contributed by atoms with E-state index in [1.165, 1.54) is 39.6 Å². The van der Waals surface area contributed by atoms with E-state index in [2.05, 4.69) is 20.4 Å². The predicted octanol–water partition coefficient (Wildman–Crippen LogP) is 4.89. The van der Waals surface area contributed by atoms with E-state index < -0.39 is 17.6 Å². The van der Waals surface area contributed by atoms with Crippen molar-refractivity contribution < 1.29 is 17.6 Å². The molecule has 0 saturated carbocycles. The highest BCUT2D eigenvalue weighted by Crippen LogP contribution is 2.33. The molecular weight excluding hydrogens is 476 g/mol.